The molecule has 4 aromatic rings. The van der Waals surface area contributed by atoms with Gasteiger partial charge < -0.3 is 14.6 Å². The number of amides is 1. The van der Waals surface area contributed by atoms with Gasteiger partial charge in [-0.25, -0.2) is 0 Å². The predicted molar refractivity (Wildman–Crippen MR) is 168 cm³/mol. The number of aromatic nitrogens is 2. The van der Waals surface area contributed by atoms with Gasteiger partial charge >= 0.3 is 5.91 Å². The van der Waals surface area contributed by atoms with E-state index in [2.05, 4.69) is 10.2 Å². The zero-order chi connectivity index (χ0) is 30.1. The summed E-state index contributed by atoms with van der Waals surface area (Å²) in [6.45, 7) is 4.50. The average Bonchev–Trinajstić information content (AvgIpc) is 3.70. The van der Waals surface area contributed by atoms with Crippen molar-refractivity contribution in [2.45, 2.75) is 48.9 Å². The number of rotatable bonds is 9. The van der Waals surface area contributed by atoms with E-state index in [4.69, 9.17) is 21.1 Å². The Bertz CT molecular complexity index is 1740. The first kappa shape index (κ1) is 29.2. The van der Waals surface area contributed by atoms with Gasteiger partial charge in [-0.15, -0.1) is 10.2 Å². The second-order valence-electron chi connectivity index (χ2n) is 10.3. The molecule has 6 rings (SSSR count). The highest BCUT2D eigenvalue weighted by Crippen LogP contribution is 2.45. The number of halogens is 1. The third-order valence-electron chi connectivity index (χ3n) is 7.17. The molecule has 0 spiro atoms. The van der Waals surface area contributed by atoms with Gasteiger partial charge in [-0.3, -0.25) is 14.5 Å². The lowest BCUT2D eigenvalue weighted by Crippen LogP contribution is -2.29. The third kappa shape index (κ3) is 5.87. The number of ether oxygens (including phenoxy) is 2. The second-order valence-corrected chi connectivity index (χ2v) is 12.9. The molecule has 43 heavy (non-hydrogen) atoms. The minimum atomic E-state index is -0.942. The molecule has 1 N–H and O–H groups in total. The Morgan fingerprint density at radius 3 is 2.79 bits per heavy atom. The quantitative estimate of drug-likeness (QED) is 0.0678. The van der Waals surface area contributed by atoms with E-state index in [-0.39, 0.29) is 22.6 Å². The van der Waals surface area contributed by atoms with Gasteiger partial charge in [0, 0.05) is 22.8 Å². The van der Waals surface area contributed by atoms with Crippen molar-refractivity contribution in [3.8, 4) is 11.5 Å². The highest BCUT2D eigenvalue weighted by atomic mass is 35.5. The maximum Gasteiger partial charge on any atom is 0.301 e. The molecule has 2 aliphatic rings. The van der Waals surface area contributed by atoms with E-state index >= 15 is 0 Å². The molecular weight excluding hydrogens is 606 g/mol. The van der Waals surface area contributed by atoms with Gasteiger partial charge in [0.2, 0.25) is 5.13 Å². The van der Waals surface area contributed by atoms with Crippen molar-refractivity contribution in [3.63, 3.8) is 0 Å². The van der Waals surface area contributed by atoms with Crippen LogP contribution in [0.4, 0.5) is 5.13 Å². The Morgan fingerprint density at radius 2 is 1.98 bits per heavy atom. The Hall–Kier alpha value is -3.86. The molecular formula is C32H28ClN3O5S2. The summed E-state index contributed by atoms with van der Waals surface area (Å²) in [5, 5.41) is 21.1. The van der Waals surface area contributed by atoms with Crippen molar-refractivity contribution in [1.29, 1.82) is 0 Å². The minimum absolute atomic E-state index is 0.0196. The Kier molecular flexibility index (Phi) is 8.43. The number of aliphatic hydroxyl groups excluding tert-OH is 1. The number of Topliss-reactive ketones (excluding diaryl/α,β-unsaturated/α-hetero) is 1. The number of hydrogen-bond donors (Lipinski definition) is 1. The summed E-state index contributed by atoms with van der Waals surface area (Å²) in [4.78, 5) is 28.6. The van der Waals surface area contributed by atoms with Crippen LogP contribution < -0.4 is 14.4 Å². The first-order valence-electron chi connectivity index (χ1n) is 13.9. The van der Waals surface area contributed by atoms with Crippen molar-refractivity contribution in [2.75, 3.05) is 11.5 Å². The first-order chi connectivity index (χ1) is 20.8. The van der Waals surface area contributed by atoms with Gasteiger partial charge in [0.25, 0.3) is 5.78 Å². The number of thioether (sulfide) groups is 1. The lowest BCUT2D eigenvalue weighted by molar-refractivity contribution is -0.132. The monoisotopic (exact) mass is 633 g/mol. The Labute approximate surface area is 262 Å². The van der Waals surface area contributed by atoms with Crippen LogP contribution in [0.1, 0.15) is 48.6 Å². The molecule has 11 heteroatoms. The van der Waals surface area contributed by atoms with E-state index in [1.165, 1.54) is 28.0 Å². The fourth-order valence-electron chi connectivity index (χ4n) is 5.18. The number of anilines is 1. The molecule has 1 saturated heterocycles. The Balaban J connectivity index is 1.40. The van der Waals surface area contributed by atoms with Crippen LogP contribution in [0.2, 0.25) is 5.02 Å². The summed E-state index contributed by atoms with van der Waals surface area (Å²) < 4.78 is 12.3. The number of aliphatic hydroxyl groups is 1. The summed E-state index contributed by atoms with van der Waals surface area (Å²) in [5.74, 6) is 0.0650. The van der Waals surface area contributed by atoms with Gasteiger partial charge in [0.15, 0.2) is 4.34 Å². The molecule has 0 radical (unpaired) electrons. The molecule has 3 heterocycles. The number of hydrogen-bond acceptors (Lipinski definition) is 9. The average molecular weight is 634 g/mol. The number of nitrogens with zero attached hydrogens (tertiary/aromatic N) is 3. The summed E-state index contributed by atoms with van der Waals surface area (Å²) in [5.41, 5.74) is 2.90. The summed E-state index contributed by atoms with van der Waals surface area (Å²) in [6, 6.07) is 19.1. The van der Waals surface area contributed by atoms with Crippen LogP contribution in [0.25, 0.3) is 5.76 Å². The van der Waals surface area contributed by atoms with E-state index in [0.29, 0.717) is 45.0 Å². The maximum absolute atomic E-state index is 13.7. The first-order valence-corrected chi connectivity index (χ1v) is 16.1. The fourth-order valence-corrected chi connectivity index (χ4v) is 7.33. The largest absolute Gasteiger partial charge is 0.507 e. The maximum atomic E-state index is 13.7. The minimum Gasteiger partial charge on any atom is -0.507 e. The number of carbonyl (C=O) groups is 2. The molecule has 2 atom stereocenters. The zero-order valence-corrected chi connectivity index (χ0v) is 25.8. The smallest absolute Gasteiger partial charge is 0.301 e. The molecule has 0 saturated carbocycles. The van der Waals surface area contributed by atoms with Crippen LogP contribution in [0.15, 0.2) is 76.6 Å². The highest BCUT2D eigenvalue weighted by Gasteiger charge is 2.48. The standard InChI is InChI=1S/C32H28ClN3O5S2/c1-3-13-40-23-9-6-8-19(16-23)27-26(28(37)20-11-12-25-22(15-20)14-18(2)41-25)29(38)30(39)36(27)31-34-35-32(43-31)42-17-21-7-4-5-10-24(21)33/h4-12,15-16,18,27,37H,3,13-14,17H2,1-2H3/t18-,27-/m1/s1. The third-order valence-corrected chi connectivity index (χ3v) is 9.64. The van der Waals surface area contributed by atoms with E-state index in [0.717, 1.165) is 23.3 Å². The van der Waals surface area contributed by atoms with E-state index in [1.807, 2.05) is 56.3 Å². The van der Waals surface area contributed by atoms with Crippen LogP contribution in [-0.2, 0) is 21.8 Å². The number of carbonyl (C=O) groups excluding carboxylic acids is 2. The second kappa shape index (κ2) is 12.4. The SMILES string of the molecule is CCCOc1cccc([C@@H]2C(=C(O)c3ccc4c(c3)C[C@@H](C)O4)C(=O)C(=O)N2c2nnc(SCc3ccccc3Cl)s2)c1. The van der Waals surface area contributed by atoms with Crippen molar-refractivity contribution >= 4 is 57.3 Å². The molecule has 3 aromatic carbocycles. The highest BCUT2D eigenvalue weighted by molar-refractivity contribution is 8.00. The lowest BCUT2D eigenvalue weighted by atomic mass is 9.94. The van der Waals surface area contributed by atoms with Crippen LogP contribution >= 0.6 is 34.7 Å². The zero-order valence-electron chi connectivity index (χ0n) is 23.5. The van der Waals surface area contributed by atoms with Crippen molar-refractivity contribution in [1.82, 2.24) is 10.2 Å². The number of ketones is 1. The predicted octanol–water partition coefficient (Wildman–Crippen LogP) is 7.22. The molecule has 8 nitrogen and oxygen atoms in total. The summed E-state index contributed by atoms with van der Waals surface area (Å²) >= 11 is 8.96. The molecule has 0 bridgehead atoms. The van der Waals surface area contributed by atoms with E-state index < -0.39 is 17.7 Å². The topological polar surface area (TPSA) is 102 Å². The van der Waals surface area contributed by atoms with Crippen molar-refractivity contribution in [3.05, 3.63) is 99.6 Å². The molecule has 1 aromatic heterocycles. The van der Waals surface area contributed by atoms with E-state index in [1.54, 1.807) is 24.3 Å². The van der Waals surface area contributed by atoms with Crippen molar-refractivity contribution < 1.29 is 24.2 Å². The fraction of sp³-hybridized carbons (Fsp3) is 0.250. The molecule has 1 fully saturated rings. The van der Waals surface area contributed by atoms with Gasteiger partial charge in [-0.1, -0.05) is 72.0 Å². The van der Waals surface area contributed by atoms with Crippen LogP contribution in [-0.4, -0.2) is 39.7 Å². The van der Waals surface area contributed by atoms with Gasteiger partial charge in [-0.2, -0.15) is 0 Å². The van der Waals surface area contributed by atoms with Crippen molar-refractivity contribution in [2.24, 2.45) is 0 Å². The number of benzene rings is 3. The number of fused-ring (bicyclic) bond motifs is 1. The molecule has 1 amide bonds. The normalized spacial score (nSPS) is 19.0. The lowest BCUT2D eigenvalue weighted by Gasteiger charge is -2.23. The molecule has 0 aliphatic carbocycles. The van der Waals surface area contributed by atoms with Gasteiger partial charge in [0.05, 0.1) is 18.2 Å². The summed E-state index contributed by atoms with van der Waals surface area (Å²) in [6.07, 6.45) is 1.53. The van der Waals surface area contributed by atoms with Crippen LogP contribution in [0.5, 0.6) is 11.5 Å². The van der Waals surface area contributed by atoms with Crippen LogP contribution in [0.3, 0.4) is 0 Å². The Morgan fingerprint density at radius 1 is 1.14 bits per heavy atom. The van der Waals surface area contributed by atoms with Gasteiger partial charge in [0.1, 0.15) is 23.4 Å². The van der Waals surface area contributed by atoms with Crippen LogP contribution in [0, 0.1) is 0 Å². The molecule has 0 unspecified atom stereocenters. The van der Waals surface area contributed by atoms with E-state index in [9.17, 15) is 14.7 Å². The van der Waals surface area contributed by atoms with Gasteiger partial charge in [-0.05, 0) is 66.4 Å². The summed E-state index contributed by atoms with van der Waals surface area (Å²) in [7, 11) is 0. The molecule has 220 valence electrons. The molecule has 2 aliphatic heterocycles.